The molecular weight excluding hydrogens is 1170 g/mol. The highest BCUT2D eigenvalue weighted by Crippen LogP contribution is 2.38. The first-order valence-corrected chi connectivity index (χ1v) is 29.0. The van der Waals surface area contributed by atoms with E-state index in [2.05, 4.69) is 45.7 Å². The van der Waals surface area contributed by atoms with E-state index in [1.807, 2.05) is 123 Å². The molecule has 5 heterocycles. The zero-order chi connectivity index (χ0) is 61.6. The molecule has 2 amide bonds. The van der Waals surface area contributed by atoms with Crippen molar-refractivity contribution in [2.45, 2.75) is 91.1 Å². The van der Waals surface area contributed by atoms with E-state index in [4.69, 9.17) is 30.2 Å². The van der Waals surface area contributed by atoms with E-state index in [0.717, 1.165) is 77.9 Å². The van der Waals surface area contributed by atoms with Crippen LogP contribution in [0.15, 0.2) is 114 Å². The number of aromatic nitrogens is 4. The molecule has 6 aromatic carbocycles. The summed E-state index contributed by atoms with van der Waals surface area (Å²) in [7, 11) is 7.40. The van der Waals surface area contributed by atoms with Crippen molar-refractivity contribution in [3.8, 4) is 11.1 Å². The summed E-state index contributed by atoms with van der Waals surface area (Å²) in [5.74, 6) is -3.97. The number of ether oxygens (including phenoxy) is 2. The van der Waals surface area contributed by atoms with Crippen LogP contribution in [-0.2, 0) is 58.2 Å². The Bertz CT molecular complexity index is 3740. The van der Waals surface area contributed by atoms with E-state index in [1.54, 1.807) is 28.0 Å². The van der Waals surface area contributed by atoms with Crippen LogP contribution < -0.4 is 16.9 Å². The maximum Gasteiger partial charge on any atom is 0.494 e. The lowest BCUT2D eigenvalue weighted by molar-refractivity contribution is 0.00578. The lowest BCUT2D eigenvalue weighted by Gasteiger charge is -2.32. The van der Waals surface area contributed by atoms with Crippen molar-refractivity contribution in [3.63, 3.8) is 0 Å². The van der Waals surface area contributed by atoms with Gasteiger partial charge in [-0.25, -0.2) is 37.5 Å². The van der Waals surface area contributed by atoms with Gasteiger partial charge in [0, 0.05) is 54.6 Å². The molecule has 0 aliphatic carbocycles. The summed E-state index contributed by atoms with van der Waals surface area (Å²) in [6.45, 7) is 13.4. The third kappa shape index (κ3) is 14.9. The number of halogens is 5. The second-order valence-electron chi connectivity index (χ2n) is 23.0. The van der Waals surface area contributed by atoms with Crippen LogP contribution >= 0.6 is 15.9 Å². The summed E-state index contributed by atoms with van der Waals surface area (Å²) in [6.07, 6.45) is 1.72. The maximum absolute atomic E-state index is 14.4. The van der Waals surface area contributed by atoms with E-state index in [0.29, 0.717) is 93.6 Å². The number of carbonyl (C=O) groups excluding carboxylic acids is 2. The molecule has 2 aromatic heterocycles. The van der Waals surface area contributed by atoms with E-state index in [-0.39, 0.29) is 42.6 Å². The largest absolute Gasteiger partial charge is 0.494 e. The minimum Gasteiger partial charge on any atom is -0.399 e. The van der Waals surface area contributed by atoms with Crippen LogP contribution in [0.3, 0.4) is 0 Å². The zero-order valence-corrected chi connectivity index (χ0v) is 51.1. The molecule has 0 radical (unpaired) electrons. The number of benzene rings is 6. The summed E-state index contributed by atoms with van der Waals surface area (Å²) < 4.78 is 78.4. The summed E-state index contributed by atoms with van der Waals surface area (Å²) >= 11 is 3.18. The number of carbonyl (C=O) groups is 2. The Balaban J connectivity index is 0.000000165. The molecule has 11 rings (SSSR count). The first-order valence-electron chi connectivity index (χ1n) is 28.2. The molecule has 4 N–H and O–H groups in total. The van der Waals surface area contributed by atoms with E-state index in [1.165, 1.54) is 0 Å². The number of fused-ring (bicyclic) bond motifs is 4. The van der Waals surface area contributed by atoms with Crippen LogP contribution in [0.2, 0.25) is 0 Å². The first kappa shape index (κ1) is 63.1. The SMILES string of the molecule is CC1(C)OB(c2ccc3nc(N)nc(C(=O)N4Cc5ccccc5C4)c3c2)OC1(C)C.CN(C)CCCOCc1cc(F)c(F)cc1-c1ccc2nc(N)nc(C(=O)N3Cc4ccccc4C3)c2c1.CN(C)CCCOCc1cc(F)c(F)cc1Br. The maximum atomic E-state index is 14.4. The van der Waals surface area contributed by atoms with Crippen LogP contribution in [0.4, 0.5) is 29.5 Å². The quantitative estimate of drug-likeness (QED) is 0.0402. The molecule has 0 unspecified atom stereocenters. The predicted octanol–water partition coefficient (Wildman–Crippen LogP) is 10.6. The van der Waals surface area contributed by atoms with Crippen molar-refractivity contribution in [2.75, 3.05) is 66.0 Å². The smallest absolute Gasteiger partial charge is 0.399 e. The van der Waals surface area contributed by atoms with Crippen LogP contribution in [0.1, 0.15) is 94.9 Å². The number of rotatable bonds is 16. The van der Waals surface area contributed by atoms with Crippen molar-refractivity contribution >= 4 is 74.0 Å². The second-order valence-corrected chi connectivity index (χ2v) is 23.9. The zero-order valence-electron chi connectivity index (χ0n) is 49.5. The van der Waals surface area contributed by atoms with Gasteiger partial charge >= 0.3 is 7.12 Å². The molecule has 22 heteroatoms. The Kier molecular flexibility index (Phi) is 19.9. The van der Waals surface area contributed by atoms with Gasteiger partial charge in [0.05, 0.1) is 35.4 Å². The molecule has 0 saturated carbocycles. The fraction of sp³-hybridized carbons (Fsp3) is 0.344. The molecule has 1 fully saturated rings. The highest BCUT2D eigenvalue weighted by atomic mass is 79.9. The van der Waals surface area contributed by atoms with Gasteiger partial charge in [-0.1, -0.05) is 82.7 Å². The van der Waals surface area contributed by atoms with E-state index >= 15 is 0 Å². The van der Waals surface area contributed by atoms with Crippen molar-refractivity contribution in [1.29, 1.82) is 0 Å². The minimum atomic E-state index is -0.962. The normalized spacial score (nSPS) is 14.8. The molecule has 8 aromatic rings. The van der Waals surface area contributed by atoms with Crippen molar-refractivity contribution in [3.05, 3.63) is 182 Å². The lowest BCUT2D eigenvalue weighted by atomic mass is 9.78. The van der Waals surface area contributed by atoms with Crippen LogP contribution in [0, 0.1) is 23.3 Å². The number of hydrogen-bond donors (Lipinski definition) is 2. The van der Waals surface area contributed by atoms with Crippen molar-refractivity contribution in [1.82, 2.24) is 39.5 Å². The highest BCUT2D eigenvalue weighted by Gasteiger charge is 2.52. The molecule has 450 valence electrons. The second kappa shape index (κ2) is 27.1. The number of hydrogen-bond acceptors (Lipinski definition) is 14. The molecule has 86 heavy (non-hydrogen) atoms. The summed E-state index contributed by atoms with van der Waals surface area (Å²) in [5, 5.41) is 1.13. The molecule has 3 aliphatic rings. The van der Waals surface area contributed by atoms with Gasteiger partial charge in [-0.05, 0) is 174 Å². The minimum absolute atomic E-state index is 0.00930. The Morgan fingerprint density at radius 2 is 1.00 bits per heavy atom. The standard InChI is InChI=1S/C29H29F2N5O2.C23H25BN4O3.C12H16BrF2NO/c1-35(2)10-5-11-38-17-21-13-24(30)25(31)14-22(21)18-8-9-26-23(12-18)27(34-29(32)33-26)28(37)36-15-19-6-3-4-7-20(19)16-36;1-22(2)23(3,4)31-24(30-22)16-9-10-18-17(11-16)19(27-21(25)26-18)20(29)28-12-14-7-5-6-8-15(14)13-28;1-16(2)4-3-5-17-8-9-6-11(14)12(15)7-10(9)13/h3-4,6-9,12-14H,5,10-11,15-17H2,1-2H3,(H2,32,33,34);5-11H,12-13H2,1-4H3,(H2,25,26,27);6-7H,3-5,8H2,1-2H3. The highest BCUT2D eigenvalue weighted by molar-refractivity contribution is 9.10. The third-order valence-electron chi connectivity index (χ3n) is 15.5. The molecule has 16 nitrogen and oxygen atoms in total. The fourth-order valence-corrected chi connectivity index (χ4v) is 10.6. The summed E-state index contributed by atoms with van der Waals surface area (Å²) in [4.78, 5) is 51.9. The molecule has 0 bridgehead atoms. The molecular formula is C64H70BBrF4N10O6. The number of amides is 2. The van der Waals surface area contributed by atoms with Gasteiger partial charge in [0.2, 0.25) is 11.9 Å². The van der Waals surface area contributed by atoms with Crippen LogP contribution in [-0.4, -0.2) is 124 Å². The third-order valence-corrected chi connectivity index (χ3v) is 16.2. The molecule has 3 aliphatic heterocycles. The summed E-state index contributed by atoms with van der Waals surface area (Å²) in [6, 6.07) is 31.4. The van der Waals surface area contributed by atoms with Crippen LogP contribution in [0.5, 0.6) is 0 Å². The van der Waals surface area contributed by atoms with Gasteiger partial charge in [-0.15, -0.1) is 0 Å². The average Bonchev–Trinajstić information content (AvgIpc) is 1.91. The van der Waals surface area contributed by atoms with Crippen molar-refractivity contribution < 1.29 is 45.9 Å². The Labute approximate surface area is 507 Å². The number of nitrogens with two attached hydrogens (primary N) is 2. The van der Waals surface area contributed by atoms with Crippen molar-refractivity contribution in [2.24, 2.45) is 0 Å². The number of nitrogen functional groups attached to an aromatic ring is 2. The van der Waals surface area contributed by atoms with Gasteiger partial charge in [-0.3, -0.25) is 9.59 Å². The fourth-order valence-electron chi connectivity index (χ4n) is 10.2. The Hall–Kier alpha value is -7.44. The predicted molar refractivity (Wildman–Crippen MR) is 329 cm³/mol. The van der Waals surface area contributed by atoms with Gasteiger partial charge in [0.15, 0.2) is 23.3 Å². The van der Waals surface area contributed by atoms with Gasteiger partial charge in [0.25, 0.3) is 11.8 Å². The topological polar surface area (TPSA) is 188 Å². The van der Waals surface area contributed by atoms with E-state index < -0.39 is 41.6 Å². The monoisotopic (exact) mass is 1240 g/mol. The summed E-state index contributed by atoms with van der Waals surface area (Å²) in [5.41, 5.74) is 20.0. The van der Waals surface area contributed by atoms with Gasteiger partial charge in [-0.2, -0.15) is 0 Å². The van der Waals surface area contributed by atoms with Gasteiger partial charge in [0.1, 0.15) is 11.4 Å². The van der Waals surface area contributed by atoms with E-state index in [9.17, 15) is 27.2 Å². The molecule has 0 atom stereocenters. The first-order chi connectivity index (χ1) is 40.9. The molecule has 1 saturated heterocycles. The Morgan fingerprint density at radius 1 is 0.581 bits per heavy atom. The lowest BCUT2D eigenvalue weighted by Crippen LogP contribution is -2.41. The molecule has 0 spiro atoms. The number of anilines is 2. The average molecular weight is 1240 g/mol. The number of nitrogens with zero attached hydrogens (tertiary/aromatic N) is 8. The Morgan fingerprint density at radius 3 is 1.48 bits per heavy atom. The van der Waals surface area contributed by atoms with Gasteiger partial charge < -0.3 is 49.8 Å². The van der Waals surface area contributed by atoms with Crippen LogP contribution in [0.25, 0.3) is 32.9 Å².